The van der Waals surface area contributed by atoms with Gasteiger partial charge in [0.25, 0.3) is 0 Å². The van der Waals surface area contributed by atoms with E-state index in [9.17, 15) is 4.79 Å². The first kappa shape index (κ1) is 11.2. The summed E-state index contributed by atoms with van der Waals surface area (Å²) >= 11 is 3.05. The standard InChI is InChI=1S/C9H9N3O2S2/c1-12-7(6(4-11-12)8(13)14)5-16-9-10-2-3-15-9/h2-4H,5H2,1H3,(H,13,14). The van der Waals surface area contributed by atoms with Gasteiger partial charge in [-0.05, 0) is 0 Å². The third-order valence-corrected chi connectivity index (χ3v) is 4.01. The van der Waals surface area contributed by atoms with E-state index in [0.29, 0.717) is 11.4 Å². The highest BCUT2D eigenvalue weighted by molar-refractivity contribution is 8.00. The van der Waals surface area contributed by atoms with Gasteiger partial charge in [0.05, 0.1) is 11.9 Å². The maximum atomic E-state index is 10.9. The van der Waals surface area contributed by atoms with Gasteiger partial charge in [0.1, 0.15) is 9.90 Å². The Labute approximate surface area is 100 Å². The zero-order valence-corrected chi connectivity index (χ0v) is 10.1. The molecule has 0 radical (unpaired) electrons. The lowest BCUT2D eigenvalue weighted by atomic mass is 10.3. The summed E-state index contributed by atoms with van der Waals surface area (Å²) in [5, 5.41) is 14.8. The van der Waals surface area contributed by atoms with Gasteiger partial charge in [-0.1, -0.05) is 11.8 Å². The smallest absolute Gasteiger partial charge is 0.339 e. The second-order valence-corrected chi connectivity index (χ2v) is 5.14. The van der Waals surface area contributed by atoms with E-state index in [2.05, 4.69) is 10.1 Å². The highest BCUT2D eigenvalue weighted by Gasteiger charge is 2.15. The van der Waals surface area contributed by atoms with Gasteiger partial charge >= 0.3 is 5.97 Å². The first-order valence-corrected chi connectivity index (χ1v) is 6.31. The molecule has 0 spiro atoms. The van der Waals surface area contributed by atoms with Crippen molar-refractivity contribution < 1.29 is 9.90 Å². The summed E-state index contributed by atoms with van der Waals surface area (Å²) < 4.78 is 2.52. The molecule has 2 aromatic rings. The maximum absolute atomic E-state index is 10.9. The van der Waals surface area contributed by atoms with E-state index in [1.165, 1.54) is 29.3 Å². The molecular formula is C9H9N3O2S2. The Morgan fingerprint density at radius 1 is 1.69 bits per heavy atom. The van der Waals surface area contributed by atoms with Crippen molar-refractivity contribution in [3.05, 3.63) is 29.0 Å². The van der Waals surface area contributed by atoms with Crippen molar-refractivity contribution in [2.45, 2.75) is 10.1 Å². The fourth-order valence-corrected chi connectivity index (χ4v) is 2.94. The minimum Gasteiger partial charge on any atom is -0.478 e. The van der Waals surface area contributed by atoms with Crippen LogP contribution in [-0.2, 0) is 12.8 Å². The van der Waals surface area contributed by atoms with Crippen LogP contribution in [0.5, 0.6) is 0 Å². The summed E-state index contributed by atoms with van der Waals surface area (Å²) in [5.74, 6) is -0.381. The normalized spacial score (nSPS) is 10.6. The molecule has 0 aliphatic heterocycles. The molecule has 16 heavy (non-hydrogen) atoms. The van der Waals surface area contributed by atoms with Gasteiger partial charge in [0, 0.05) is 24.4 Å². The maximum Gasteiger partial charge on any atom is 0.339 e. The van der Waals surface area contributed by atoms with Crippen LogP contribution in [0, 0.1) is 0 Å². The second kappa shape index (κ2) is 4.67. The third-order valence-electron chi connectivity index (χ3n) is 2.03. The molecule has 5 nitrogen and oxygen atoms in total. The summed E-state index contributed by atoms with van der Waals surface area (Å²) in [5.41, 5.74) is 0.958. The zero-order chi connectivity index (χ0) is 11.5. The van der Waals surface area contributed by atoms with Gasteiger partial charge in [-0.25, -0.2) is 9.78 Å². The lowest BCUT2D eigenvalue weighted by Crippen LogP contribution is -2.03. The van der Waals surface area contributed by atoms with Crippen LogP contribution in [0.25, 0.3) is 0 Å². The Hall–Kier alpha value is -1.34. The van der Waals surface area contributed by atoms with Gasteiger partial charge in [-0.15, -0.1) is 11.3 Å². The van der Waals surface area contributed by atoms with Crippen LogP contribution in [-0.4, -0.2) is 25.8 Å². The molecule has 0 atom stereocenters. The lowest BCUT2D eigenvalue weighted by Gasteiger charge is -2.01. The monoisotopic (exact) mass is 255 g/mol. The van der Waals surface area contributed by atoms with Crippen LogP contribution in [0.3, 0.4) is 0 Å². The molecule has 0 aliphatic carbocycles. The highest BCUT2D eigenvalue weighted by atomic mass is 32.2. The van der Waals surface area contributed by atoms with Crippen LogP contribution in [0.2, 0.25) is 0 Å². The van der Waals surface area contributed by atoms with E-state index in [0.717, 1.165) is 4.34 Å². The van der Waals surface area contributed by atoms with E-state index in [4.69, 9.17) is 5.11 Å². The van der Waals surface area contributed by atoms with Crippen LogP contribution >= 0.6 is 23.1 Å². The molecule has 2 rings (SSSR count). The Bertz CT molecular complexity index is 493. The predicted molar refractivity (Wildman–Crippen MR) is 61.8 cm³/mol. The van der Waals surface area contributed by atoms with E-state index >= 15 is 0 Å². The van der Waals surface area contributed by atoms with Crippen LogP contribution in [0.15, 0.2) is 22.1 Å². The number of thiazole rings is 1. The van der Waals surface area contributed by atoms with Gasteiger partial charge < -0.3 is 5.11 Å². The number of carboxylic acids is 1. The molecule has 0 aliphatic rings. The first-order chi connectivity index (χ1) is 7.68. The van der Waals surface area contributed by atoms with Gasteiger partial charge in [0.15, 0.2) is 0 Å². The number of aromatic nitrogens is 3. The number of thioether (sulfide) groups is 1. The molecule has 0 bridgehead atoms. The molecule has 0 saturated heterocycles. The molecule has 2 heterocycles. The number of aromatic carboxylic acids is 1. The average Bonchev–Trinajstić information content (AvgIpc) is 2.84. The number of nitrogens with zero attached hydrogens (tertiary/aromatic N) is 3. The van der Waals surface area contributed by atoms with E-state index in [-0.39, 0.29) is 5.56 Å². The van der Waals surface area contributed by atoms with Gasteiger partial charge in [0.2, 0.25) is 0 Å². The minimum absolute atomic E-state index is 0.256. The van der Waals surface area contributed by atoms with Crippen molar-refractivity contribution in [2.24, 2.45) is 7.05 Å². The number of carbonyl (C=O) groups is 1. The molecular weight excluding hydrogens is 246 g/mol. The fraction of sp³-hybridized carbons (Fsp3) is 0.222. The van der Waals surface area contributed by atoms with Crippen molar-refractivity contribution in [2.75, 3.05) is 0 Å². The quantitative estimate of drug-likeness (QED) is 0.845. The molecule has 2 aromatic heterocycles. The first-order valence-electron chi connectivity index (χ1n) is 4.45. The molecule has 0 amide bonds. The Morgan fingerprint density at radius 2 is 2.50 bits per heavy atom. The molecule has 84 valence electrons. The molecule has 0 fully saturated rings. The fourth-order valence-electron chi connectivity index (χ4n) is 1.22. The predicted octanol–water partition coefficient (Wildman–Crippen LogP) is 1.87. The molecule has 7 heteroatoms. The van der Waals surface area contributed by atoms with Crippen LogP contribution < -0.4 is 0 Å². The largest absolute Gasteiger partial charge is 0.478 e. The van der Waals surface area contributed by atoms with Crippen molar-refractivity contribution >= 4 is 29.1 Å². The summed E-state index contributed by atoms with van der Waals surface area (Å²) in [6.07, 6.45) is 3.11. The average molecular weight is 255 g/mol. The summed E-state index contributed by atoms with van der Waals surface area (Å²) in [6, 6.07) is 0. The van der Waals surface area contributed by atoms with E-state index < -0.39 is 5.97 Å². The Morgan fingerprint density at radius 3 is 3.12 bits per heavy atom. The number of hydrogen-bond donors (Lipinski definition) is 1. The summed E-state index contributed by atoms with van der Waals surface area (Å²) in [7, 11) is 1.74. The van der Waals surface area contributed by atoms with Crippen LogP contribution in [0.4, 0.5) is 0 Å². The molecule has 0 saturated carbocycles. The third kappa shape index (κ3) is 2.25. The van der Waals surface area contributed by atoms with E-state index in [1.54, 1.807) is 17.9 Å². The van der Waals surface area contributed by atoms with Crippen molar-refractivity contribution in [1.82, 2.24) is 14.8 Å². The Balaban J connectivity index is 2.14. The van der Waals surface area contributed by atoms with Gasteiger partial charge in [-0.3, -0.25) is 4.68 Å². The number of rotatable bonds is 4. The molecule has 0 unspecified atom stereocenters. The summed E-state index contributed by atoms with van der Waals surface area (Å²) in [6.45, 7) is 0. The van der Waals surface area contributed by atoms with Crippen LogP contribution in [0.1, 0.15) is 16.1 Å². The molecule has 0 aromatic carbocycles. The van der Waals surface area contributed by atoms with Gasteiger partial charge in [-0.2, -0.15) is 5.10 Å². The highest BCUT2D eigenvalue weighted by Crippen LogP contribution is 2.25. The number of aryl methyl sites for hydroxylation is 1. The van der Waals surface area contributed by atoms with Crippen molar-refractivity contribution in [3.63, 3.8) is 0 Å². The number of hydrogen-bond acceptors (Lipinski definition) is 5. The molecule has 1 N–H and O–H groups in total. The number of carboxylic acid groups (broad SMARTS) is 1. The second-order valence-electron chi connectivity index (χ2n) is 3.02. The zero-order valence-electron chi connectivity index (χ0n) is 8.45. The minimum atomic E-state index is -0.942. The SMILES string of the molecule is Cn1ncc(C(=O)O)c1CSc1nccs1. The Kier molecular flexibility index (Phi) is 3.25. The van der Waals surface area contributed by atoms with Crippen molar-refractivity contribution in [1.29, 1.82) is 0 Å². The van der Waals surface area contributed by atoms with E-state index in [1.807, 2.05) is 5.38 Å². The topological polar surface area (TPSA) is 68.0 Å². The van der Waals surface area contributed by atoms with Crippen molar-refractivity contribution in [3.8, 4) is 0 Å². The lowest BCUT2D eigenvalue weighted by molar-refractivity contribution is 0.0696. The summed E-state index contributed by atoms with van der Waals surface area (Å²) in [4.78, 5) is 15.0.